The molecule has 0 aromatic carbocycles. The minimum absolute atomic E-state index is 0.308. The lowest BCUT2D eigenvalue weighted by molar-refractivity contribution is 0.0357. The van der Waals surface area contributed by atoms with Gasteiger partial charge < -0.3 is 15.2 Å². The summed E-state index contributed by atoms with van der Waals surface area (Å²) >= 11 is 1.92. The Labute approximate surface area is 117 Å². The Morgan fingerprint density at radius 2 is 1.94 bits per heavy atom. The molecule has 18 heavy (non-hydrogen) atoms. The normalized spacial score (nSPS) is 13.8. The van der Waals surface area contributed by atoms with E-state index in [4.69, 9.17) is 4.74 Å². The van der Waals surface area contributed by atoms with Gasteiger partial charge in [0.25, 0.3) is 0 Å². The minimum Gasteiger partial charge on any atom is -0.389 e. The summed E-state index contributed by atoms with van der Waals surface area (Å²) in [7, 11) is 0. The zero-order valence-electron chi connectivity index (χ0n) is 12.5. The number of unbranched alkanes of at least 4 members (excludes halogenated alkanes) is 1. The van der Waals surface area contributed by atoms with Crippen LogP contribution < -0.4 is 5.32 Å². The average molecular weight is 277 g/mol. The van der Waals surface area contributed by atoms with Crippen molar-refractivity contribution >= 4 is 11.8 Å². The third-order valence-electron chi connectivity index (χ3n) is 3.50. The zero-order valence-corrected chi connectivity index (χ0v) is 13.3. The lowest BCUT2D eigenvalue weighted by atomic mass is 10.0. The third kappa shape index (κ3) is 7.62. The van der Waals surface area contributed by atoms with Gasteiger partial charge in [0, 0.05) is 24.4 Å². The van der Waals surface area contributed by atoms with E-state index in [1.165, 1.54) is 0 Å². The second-order valence-electron chi connectivity index (χ2n) is 4.81. The molecule has 0 aromatic heterocycles. The maximum atomic E-state index is 9.77. The summed E-state index contributed by atoms with van der Waals surface area (Å²) in [5.41, 5.74) is 0. The highest BCUT2D eigenvalue weighted by atomic mass is 32.2. The quantitative estimate of drug-likeness (QED) is 0.538. The lowest BCUT2D eigenvalue weighted by Crippen LogP contribution is -2.40. The van der Waals surface area contributed by atoms with Crippen molar-refractivity contribution in [2.24, 2.45) is 0 Å². The number of hydrogen-bond acceptors (Lipinski definition) is 4. The van der Waals surface area contributed by atoms with Crippen molar-refractivity contribution in [3.8, 4) is 0 Å². The Morgan fingerprint density at radius 1 is 1.28 bits per heavy atom. The number of aliphatic hydroxyl groups is 1. The third-order valence-corrected chi connectivity index (χ3v) is 5.09. The summed E-state index contributed by atoms with van der Waals surface area (Å²) < 4.78 is 5.71. The van der Waals surface area contributed by atoms with Gasteiger partial charge >= 0.3 is 0 Å². The van der Waals surface area contributed by atoms with Crippen molar-refractivity contribution in [1.82, 2.24) is 5.32 Å². The number of rotatable bonds is 12. The first-order valence-corrected chi connectivity index (χ1v) is 8.38. The van der Waals surface area contributed by atoms with E-state index in [2.05, 4.69) is 32.3 Å². The van der Waals surface area contributed by atoms with E-state index in [0.717, 1.165) is 38.8 Å². The molecule has 110 valence electrons. The van der Waals surface area contributed by atoms with Gasteiger partial charge in [-0.25, -0.2) is 0 Å². The van der Waals surface area contributed by atoms with E-state index >= 15 is 0 Å². The molecule has 0 radical (unpaired) electrons. The van der Waals surface area contributed by atoms with E-state index in [1.807, 2.05) is 11.8 Å². The van der Waals surface area contributed by atoms with Gasteiger partial charge in [-0.15, -0.1) is 0 Å². The zero-order chi connectivity index (χ0) is 13.9. The Bertz CT molecular complexity index is 178. The molecular formula is C14H31NO2S. The van der Waals surface area contributed by atoms with E-state index < -0.39 is 6.10 Å². The molecule has 0 spiro atoms. The molecule has 1 unspecified atom stereocenters. The van der Waals surface area contributed by atoms with Gasteiger partial charge in [0.15, 0.2) is 0 Å². The lowest BCUT2D eigenvalue weighted by Gasteiger charge is -2.30. The van der Waals surface area contributed by atoms with E-state index in [0.29, 0.717) is 17.9 Å². The number of ether oxygens (including phenoxy) is 1. The van der Waals surface area contributed by atoms with Crippen molar-refractivity contribution in [3.63, 3.8) is 0 Å². The van der Waals surface area contributed by atoms with Crippen LogP contribution in [0.3, 0.4) is 0 Å². The first-order chi connectivity index (χ1) is 8.64. The second-order valence-corrected chi connectivity index (χ2v) is 6.08. The van der Waals surface area contributed by atoms with Crippen LogP contribution in [0, 0.1) is 0 Å². The number of hydrogen-bond donors (Lipinski definition) is 2. The Kier molecular flexibility index (Phi) is 11.2. The average Bonchev–Trinajstić information content (AvgIpc) is 2.40. The van der Waals surface area contributed by atoms with Gasteiger partial charge in [-0.2, -0.15) is 11.8 Å². The molecule has 1 atom stereocenters. The van der Waals surface area contributed by atoms with Gasteiger partial charge in [-0.05, 0) is 25.5 Å². The molecule has 0 saturated carbocycles. The summed E-state index contributed by atoms with van der Waals surface area (Å²) in [4.78, 5) is 0. The molecule has 0 aromatic rings. The monoisotopic (exact) mass is 277 g/mol. The van der Waals surface area contributed by atoms with Crippen LogP contribution in [-0.2, 0) is 4.74 Å². The van der Waals surface area contributed by atoms with E-state index in [9.17, 15) is 5.11 Å². The van der Waals surface area contributed by atoms with Crippen molar-refractivity contribution in [2.45, 2.75) is 57.3 Å². The highest BCUT2D eigenvalue weighted by Gasteiger charge is 2.24. The molecule has 0 bridgehead atoms. The summed E-state index contributed by atoms with van der Waals surface area (Å²) in [5.74, 6) is 0. The molecule has 0 fully saturated rings. The molecule has 0 amide bonds. The predicted octanol–water partition coefficient (Wildman–Crippen LogP) is 2.68. The first kappa shape index (κ1) is 18.2. The highest BCUT2D eigenvalue weighted by Crippen LogP contribution is 2.29. The standard InChI is InChI=1S/C14H31NO2S/c1-5-8-9-17-11-13(16)10-15-12-14(6-2,7-3)18-4/h13,15-16H,5-12H2,1-4H3. The fourth-order valence-electron chi connectivity index (χ4n) is 1.85. The molecule has 4 heteroatoms. The molecule has 0 heterocycles. The number of thioether (sulfide) groups is 1. The van der Waals surface area contributed by atoms with Crippen LogP contribution >= 0.6 is 11.8 Å². The maximum Gasteiger partial charge on any atom is 0.0897 e. The Hall–Kier alpha value is 0.230. The summed E-state index contributed by atoms with van der Waals surface area (Å²) in [6.45, 7) is 9.36. The largest absolute Gasteiger partial charge is 0.389 e. The predicted molar refractivity (Wildman–Crippen MR) is 81.4 cm³/mol. The van der Waals surface area contributed by atoms with Crippen molar-refractivity contribution in [3.05, 3.63) is 0 Å². The van der Waals surface area contributed by atoms with Gasteiger partial charge in [0.1, 0.15) is 0 Å². The molecular weight excluding hydrogens is 246 g/mol. The summed E-state index contributed by atoms with van der Waals surface area (Å²) in [6.07, 6.45) is 6.29. The van der Waals surface area contributed by atoms with Crippen molar-refractivity contribution in [1.29, 1.82) is 0 Å². The highest BCUT2D eigenvalue weighted by molar-refractivity contribution is 8.00. The molecule has 0 aliphatic heterocycles. The number of aliphatic hydroxyl groups excluding tert-OH is 1. The van der Waals surface area contributed by atoms with Crippen LogP contribution in [0.15, 0.2) is 0 Å². The fourth-order valence-corrected chi connectivity index (χ4v) is 2.68. The molecule has 0 aliphatic carbocycles. The van der Waals surface area contributed by atoms with Crippen LogP contribution in [0.5, 0.6) is 0 Å². The van der Waals surface area contributed by atoms with Gasteiger partial charge in [0.2, 0.25) is 0 Å². The van der Waals surface area contributed by atoms with Gasteiger partial charge in [-0.1, -0.05) is 27.2 Å². The molecule has 0 aliphatic rings. The molecule has 0 saturated heterocycles. The van der Waals surface area contributed by atoms with Crippen LogP contribution in [0.4, 0.5) is 0 Å². The van der Waals surface area contributed by atoms with E-state index in [1.54, 1.807) is 0 Å². The molecule has 2 N–H and O–H groups in total. The molecule has 3 nitrogen and oxygen atoms in total. The summed E-state index contributed by atoms with van der Waals surface area (Å²) in [5, 5.41) is 13.1. The van der Waals surface area contributed by atoms with Gasteiger partial charge in [-0.3, -0.25) is 0 Å². The topological polar surface area (TPSA) is 41.5 Å². The van der Waals surface area contributed by atoms with Crippen molar-refractivity contribution in [2.75, 3.05) is 32.6 Å². The molecule has 0 rings (SSSR count). The number of nitrogens with one attached hydrogen (secondary N) is 1. The van der Waals surface area contributed by atoms with Crippen LogP contribution in [-0.4, -0.2) is 48.5 Å². The van der Waals surface area contributed by atoms with Crippen LogP contribution in [0.1, 0.15) is 46.5 Å². The Balaban J connectivity index is 3.68. The van der Waals surface area contributed by atoms with Crippen molar-refractivity contribution < 1.29 is 9.84 Å². The smallest absolute Gasteiger partial charge is 0.0897 e. The first-order valence-electron chi connectivity index (χ1n) is 7.15. The van der Waals surface area contributed by atoms with Gasteiger partial charge in [0.05, 0.1) is 12.7 Å². The SMILES string of the molecule is CCCCOCC(O)CNCC(CC)(CC)SC. The van der Waals surface area contributed by atoms with Crippen LogP contribution in [0.25, 0.3) is 0 Å². The van der Waals surface area contributed by atoms with E-state index in [-0.39, 0.29) is 0 Å². The van der Waals surface area contributed by atoms with Crippen LogP contribution in [0.2, 0.25) is 0 Å². The Morgan fingerprint density at radius 3 is 2.44 bits per heavy atom. The fraction of sp³-hybridized carbons (Fsp3) is 1.00. The minimum atomic E-state index is -0.393. The maximum absolute atomic E-state index is 9.77. The summed E-state index contributed by atoms with van der Waals surface area (Å²) in [6, 6.07) is 0. The second kappa shape index (κ2) is 11.1.